The van der Waals surface area contributed by atoms with Crippen molar-refractivity contribution in [2.24, 2.45) is 0 Å². The lowest BCUT2D eigenvalue weighted by Gasteiger charge is -2.09. The van der Waals surface area contributed by atoms with E-state index in [0.29, 0.717) is 26.9 Å². The first-order valence-corrected chi connectivity index (χ1v) is 6.75. The highest BCUT2D eigenvalue weighted by atomic mass is 35.5. The van der Waals surface area contributed by atoms with Crippen molar-refractivity contribution >= 4 is 40.4 Å². The molecule has 0 atom stereocenters. The summed E-state index contributed by atoms with van der Waals surface area (Å²) >= 11 is 12.2. The minimum atomic E-state index is 0.493. The van der Waals surface area contributed by atoms with E-state index in [1.807, 2.05) is 30.3 Å². The maximum Gasteiger partial charge on any atom is 0.152 e. The molecule has 0 aliphatic carbocycles. The van der Waals surface area contributed by atoms with Gasteiger partial charge in [0.15, 0.2) is 6.29 Å². The summed E-state index contributed by atoms with van der Waals surface area (Å²) < 4.78 is 0. The normalized spacial score (nSPS) is 10.7. The molecule has 0 unspecified atom stereocenters. The molecule has 2 aromatic carbocycles. The topological polar surface area (TPSA) is 30.0 Å². The van der Waals surface area contributed by atoms with Gasteiger partial charge in [-0.1, -0.05) is 41.4 Å². The summed E-state index contributed by atoms with van der Waals surface area (Å²) in [6.45, 7) is 0. The Balaban J connectivity index is 2.34. The predicted octanol–water partition coefficient (Wildman–Crippen LogP) is 5.02. The van der Waals surface area contributed by atoms with Gasteiger partial charge in [0.05, 0.1) is 16.2 Å². The average Bonchev–Trinajstić information content (AvgIpc) is 2.48. The Morgan fingerprint density at radius 2 is 1.80 bits per heavy atom. The minimum Gasteiger partial charge on any atom is -0.298 e. The van der Waals surface area contributed by atoms with Gasteiger partial charge in [-0.15, -0.1) is 0 Å². The lowest BCUT2D eigenvalue weighted by atomic mass is 10.0. The molecule has 0 bridgehead atoms. The molecule has 0 spiro atoms. The molecular formula is C16H9Cl2NO. The maximum absolute atomic E-state index is 11.3. The molecule has 0 amide bonds. The lowest BCUT2D eigenvalue weighted by Crippen LogP contribution is -1.94. The third-order valence-corrected chi connectivity index (χ3v) is 3.63. The Morgan fingerprint density at radius 3 is 2.60 bits per heavy atom. The van der Waals surface area contributed by atoms with Crippen LogP contribution < -0.4 is 0 Å². The Labute approximate surface area is 126 Å². The number of hydrogen-bond donors (Lipinski definition) is 0. The molecule has 0 saturated carbocycles. The Bertz CT molecular complexity index is 815. The summed E-state index contributed by atoms with van der Waals surface area (Å²) in [5.74, 6) is 0. The van der Waals surface area contributed by atoms with Crippen molar-refractivity contribution in [3.05, 3.63) is 64.1 Å². The van der Waals surface area contributed by atoms with E-state index in [1.54, 1.807) is 18.2 Å². The number of hydrogen-bond acceptors (Lipinski definition) is 2. The molecule has 0 aliphatic heterocycles. The second-order valence-electron chi connectivity index (χ2n) is 4.36. The third-order valence-electron chi connectivity index (χ3n) is 3.06. The molecular weight excluding hydrogens is 293 g/mol. The first-order chi connectivity index (χ1) is 9.69. The number of carbonyl (C=O) groups excluding carboxylic acids is 1. The van der Waals surface area contributed by atoms with Crippen molar-refractivity contribution in [1.82, 2.24) is 4.98 Å². The van der Waals surface area contributed by atoms with E-state index in [-0.39, 0.29) is 0 Å². The van der Waals surface area contributed by atoms with Crippen LogP contribution in [0, 0.1) is 0 Å². The summed E-state index contributed by atoms with van der Waals surface area (Å²) in [7, 11) is 0. The van der Waals surface area contributed by atoms with Gasteiger partial charge in [-0.05, 0) is 30.3 Å². The van der Waals surface area contributed by atoms with E-state index < -0.39 is 0 Å². The second kappa shape index (κ2) is 5.23. The minimum absolute atomic E-state index is 0.493. The maximum atomic E-state index is 11.3. The number of rotatable bonds is 2. The van der Waals surface area contributed by atoms with Crippen LogP contribution in [0.5, 0.6) is 0 Å². The molecule has 3 rings (SSSR count). The van der Waals surface area contributed by atoms with Crippen LogP contribution in [0.3, 0.4) is 0 Å². The monoisotopic (exact) mass is 301 g/mol. The molecule has 0 saturated heterocycles. The van der Waals surface area contributed by atoms with Gasteiger partial charge in [0.25, 0.3) is 0 Å². The number of aldehydes is 1. The van der Waals surface area contributed by atoms with E-state index in [4.69, 9.17) is 23.2 Å². The average molecular weight is 302 g/mol. The summed E-state index contributed by atoms with van der Waals surface area (Å²) in [5, 5.41) is 1.98. The summed E-state index contributed by atoms with van der Waals surface area (Å²) in [6, 6.07) is 14.5. The molecule has 0 aliphatic rings. The number of benzene rings is 2. The van der Waals surface area contributed by atoms with Gasteiger partial charge in [-0.25, -0.2) is 4.98 Å². The Hall–Kier alpha value is -1.90. The van der Waals surface area contributed by atoms with E-state index >= 15 is 0 Å². The fourth-order valence-electron chi connectivity index (χ4n) is 2.12. The van der Waals surface area contributed by atoms with Gasteiger partial charge in [-0.3, -0.25) is 4.79 Å². The number of para-hydroxylation sites is 1. The highest BCUT2D eigenvalue weighted by Gasteiger charge is 2.12. The van der Waals surface area contributed by atoms with E-state index in [9.17, 15) is 4.79 Å². The summed E-state index contributed by atoms with van der Waals surface area (Å²) in [5.41, 5.74) is 2.51. The van der Waals surface area contributed by atoms with Crippen LogP contribution in [0.15, 0.2) is 48.5 Å². The molecule has 4 heteroatoms. The molecule has 0 fully saturated rings. The van der Waals surface area contributed by atoms with Gasteiger partial charge < -0.3 is 0 Å². The Kier molecular flexibility index (Phi) is 3.43. The van der Waals surface area contributed by atoms with Gasteiger partial charge in [-0.2, -0.15) is 0 Å². The standard InChI is InChI=1S/C16H9Cl2NO/c17-12-5-6-14(18)13(8-12)16-11(9-20)7-10-3-1-2-4-15(10)19-16/h1-9H. The fraction of sp³-hybridized carbons (Fsp3) is 0. The molecule has 0 N–H and O–H groups in total. The molecule has 3 aromatic rings. The van der Waals surface area contributed by atoms with Crippen molar-refractivity contribution < 1.29 is 4.79 Å². The molecule has 1 aromatic heterocycles. The predicted molar refractivity (Wildman–Crippen MR) is 82.6 cm³/mol. The summed E-state index contributed by atoms with van der Waals surface area (Å²) in [6.07, 6.45) is 0.784. The first kappa shape index (κ1) is 13.1. The van der Waals surface area contributed by atoms with E-state index in [0.717, 1.165) is 17.2 Å². The van der Waals surface area contributed by atoms with Crippen LogP contribution in [-0.4, -0.2) is 11.3 Å². The van der Waals surface area contributed by atoms with Crippen LogP contribution in [0.25, 0.3) is 22.2 Å². The van der Waals surface area contributed by atoms with Crippen LogP contribution in [-0.2, 0) is 0 Å². The van der Waals surface area contributed by atoms with Gasteiger partial charge in [0.2, 0.25) is 0 Å². The van der Waals surface area contributed by atoms with Crippen molar-refractivity contribution in [2.75, 3.05) is 0 Å². The van der Waals surface area contributed by atoms with Crippen molar-refractivity contribution in [2.45, 2.75) is 0 Å². The van der Waals surface area contributed by atoms with E-state index in [2.05, 4.69) is 4.98 Å². The third kappa shape index (κ3) is 2.28. The fourth-order valence-corrected chi connectivity index (χ4v) is 2.50. The zero-order valence-corrected chi connectivity index (χ0v) is 11.8. The number of nitrogens with zero attached hydrogens (tertiary/aromatic N) is 1. The van der Waals surface area contributed by atoms with Crippen LogP contribution in [0.1, 0.15) is 10.4 Å². The van der Waals surface area contributed by atoms with E-state index in [1.165, 1.54) is 0 Å². The van der Waals surface area contributed by atoms with Crippen molar-refractivity contribution in [3.63, 3.8) is 0 Å². The molecule has 20 heavy (non-hydrogen) atoms. The van der Waals surface area contributed by atoms with Crippen LogP contribution in [0.2, 0.25) is 10.0 Å². The first-order valence-electron chi connectivity index (χ1n) is 5.99. The molecule has 98 valence electrons. The number of carbonyl (C=O) groups is 1. The summed E-state index contributed by atoms with van der Waals surface area (Å²) in [4.78, 5) is 15.9. The molecule has 1 heterocycles. The number of pyridine rings is 1. The quantitative estimate of drug-likeness (QED) is 0.622. The number of aromatic nitrogens is 1. The molecule has 0 radical (unpaired) electrons. The van der Waals surface area contributed by atoms with Gasteiger partial charge >= 0.3 is 0 Å². The highest BCUT2D eigenvalue weighted by Crippen LogP contribution is 2.32. The molecule has 2 nitrogen and oxygen atoms in total. The number of halogens is 2. The zero-order valence-electron chi connectivity index (χ0n) is 10.3. The zero-order chi connectivity index (χ0) is 14.1. The van der Waals surface area contributed by atoms with Crippen molar-refractivity contribution in [3.8, 4) is 11.3 Å². The lowest BCUT2D eigenvalue weighted by molar-refractivity contribution is 0.112. The van der Waals surface area contributed by atoms with Crippen molar-refractivity contribution in [1.29, 1.82) is 0 Å². The van der Waals surface area contributed by atoms with Gasteiger partial charge in [0.1, 0.15) is 0 Å². The smallest absolute Gasteiger partial charge is 0.152 e. The van der Waals surface area contributed by atoms with Crippen LogP contribution >= 0.6 is 23.2 Å². The number of fused-ring (bicyclic) bond motifs is 1. The second-order valence-corrected chi connectivity index (χ2v) is 5.20. The highest BCUT2D eigenvalue weighted by molar-refractivity contribution is 6.35. The van der Waals surface area contributed by atoms with Crippen LogP contribution in [0.4, 0.5) is 0 Å². The largest absolute Gasteiger partial charge is 0.298 e. The Morgan fingerprint density at radius 1 is 1.00 bits per heavy atom. The van der Waals surface area contributed by atoms with Gasteiger partial charge in [0, 0.05) is 21.5 Å². The SMILES string of the molecule is O=Cc1cc2ccccc2nc1-c1cc(Cl)ccc1Cl.